The second-order valence-corrected chi connectivity index (χ2v) is 6.04. The van der Waals surface area contributed by atoms with E-state index in [1.807, 2.05) is 27.7 Å². The monoisotopic (exact) mass is 335 g/mol. The molecule has 2 amide bonds. The van der Waals surface area contributed by atoms with Crippen LogP contribution >= 0.6 is 0 Å². The normalized spacial score (nSPS) is 11.5. The van der Waals surface area contributed by atoms with Crippen LogP contribution in [0.2, 0.25) is 0 Å². The number of hydrogen-bond acceptors (Lipinski definition) is 5. The molecule has 0 fully saturated rings. The van der Waals surface area contributed by atoms with Crippen LogP contribution in [0.4, 0.5) is 0 Å². The third-order valence-corrected chi connectivity index (χ3v) is 3.32. The van der Waals surface area contributed by atoms with Crippen molar-refractivity contribution in [1.82, 2.24) is 15.8 Å². The van der Waals surface area contributed by atoms with Gasteiger partial charge in [-0.15, -0.1) is 0 Å². The summed E-state index contributed by atoms with van der Waals surface area (Å²) in [6, 6.07) is 3.87. The molecule has 0 atom stereocenters. The van der Waals surface area contributed by atoms with Gasteiger partial charge in [0.2, 0.25) is 5.91 Å². The van der Waals surface area contributed by atoms with E-state index in [1.54, 1.807) is 11.8 Å². The van der Waals surface area contributed by atoms with Gasteiger partial charge in [-0.25, -0.2) is 0 Å². The molecule has 1 rings (SSSR count). The fourth-order valence-electron chi connectivity index (χ4n) is 2.29. The molecule has 0 aliphatic heterocycles. The second kappa shape index (κ2) is 8.24. The first-order chi connectivity index (χ1) is 11.1. The summed E-state index contributed by atoms with van der Waals surface area (Å²) in [5.41, 5.74) is 5.72. The van der Waals surface area contributed by atoms with Crippen molar-refractivity contribution in [2.45, 2.75) is 46.7 Å². The van der Waals surface area contributed by atoms with E-state index in [9.17, 15) is 19.8 Å². The molecule has 0 unspecified atom stereocenters. The van der Waals surface area contributed by atoms with Crippen LogP contribution in [0.5, 0.6) is 11.5 Å². The van der Waals surface area contributed by atoms with Crippen LogP contribution in [0.3, 0.4) is 0 Å². The molecular formula is C17H25N3O4. The zero-order valence-corrected chi connectivity index (χ0v) is 14.6. The van der Waals surface area contributed by atoms with Gasteiger partial charge in [-0.2, -0.15) is 0 Å². The Hall–Kier alpha value is -2.70. The predicted molar refractivity (Wildman–Crippen MR) is 91.2 cm³/mol. The number of carbonyl (C=O) groups is 2. The molecule has 132 valence electrons. The fourth-order valence-corrected chi connectivity index (χ4v) is 2.29. The maximum absolute atomic E-state index is 12.3. The Morgan fingerprint density at radius 2 is 1.62 bits per heavy atom. The number of nitrogens with one attached hydrogen (secondary N) is 2. The summed E-state index contributed by atoms with van der Waals surface area (Å²) in [5, 5.41) is 18.6. The van der Waals surface area contributed by atoms with Gasteiger partial charge in [-0.05, 0) is 52.8 Å². The van der Waals surface area contributed by atoms with E-state index in [1.165, 1.54) is 18.2 Å². The molecule has 0 bridgehead atoms. The summed E-state index contributed by atoms with van der Waals surface area (Å²) < 4.78 is 0. The summed E-state index contributed by atoms with van der Waals surface area (Å²) in [4.78, 5) is 26.0. The maximum atomic E-state index is 12.3. The molecule has 0 saturated carbocycles. The van der Waals surface area contributed by atoms with Crippen LogP contribution in [-0.2, 0) is 4.79 Å². The SMILES string of the molecule is CC(=CC(=O)N(C(C)C)C(C)C)NNC(=O)c1ccc(O)c(O)c1. The van der Waals surface area contributed by atoms with Crippen molar-refractivity contribution in [3.05, 3.63) is 35.5 Å². The number of phenols is 2. The molecule has 1 aromatic carbocycles. The zero-order valence-electron chi connectivity index (χ0n) is 14.6. The first-order valence-corrected chi connectivity index (χ1v) is 7.72. The van der Waals surface area contributed by atoms with E-state index in [0.29, 0.717) is 5.70 Å². The van der Waals surface area contributed by atoms with Crippen LogP contribution in [0.1, 0.15) is 45.0 Å². The Bertz CT molecular complexity index is 631. The molecule has 0 saturated heterocycles. The van der Waals surface area contributed by atoms with Gasteiger partial charge in [0.1, 0.15) is 0 Å². The molecule has 0 spiro atoms. The van der Waals surface area contributed by atoms with Gasteiger partial charge in [0, 0.05) is 29.4 Å². The molecule has 1 aromatic rings. The molecular weight excluding hydrogens is 310 g/mol. The van der Waals surface area contributed by atoms with Gasteiger partial charge in [0.25, 0.3) is 5.91 Å². The lowest BCUT2D eigenvalue weighted by Crippen LogP contribution is -2.42. The quantitative estimate of drug-likeness (QED) is 0.361. The van der Waals surface area contributed by atoms with E-state index in [2.05, 4.69) is 10.9 Å². The number of phenolic OH excluding ortho intramolecular Hbond substituents is 2. The highest BCUT2D eigenvalue weighted by Gasteiger charge is 2.18. The van der Waals surface area contributed by atoms with Gasteiger partial charge in [0.15, 0.2) is 11.5 Å². The smallest absolute Gasteiger partial charge is 0.269 e. The topological polar surface area (TPSA) is 102 Å². The van der Waals surface area contributed by atoms with Gasteiger partial charge >= 0.3 is 0 Å². The molecule has 24 heavy (non-hydrogen) atoms. The molecule has 0 aromatic heterocycles. The Kier molecular flexibility index (Phi) is 6.64. The summed E-state index contributed by atoms with van der Waals surface area (Å²) >= 11 is 0. The first-order valence-electron chi connectivity index (χ1n) is 7.72. The van der Waals surface area contributed by atoms with Crippen molar-refractivity contribution in [2.75, 3.05) is 0 Å². The molecule has 0 heterocycles. The van der Waals surface area contributed by atoms with Crippen LogP contribution in [0.15, 0.2) is 30.0 Å². The van der Waals surface area contributed by atoms with Gasteiger partial charge in [-0.3, -0.25) is 15.0 Å². The van der Waals surface area contributed by atoms with Gasteiger partial charge < -0.3 is 20.5 Å². The van der Waals surface area contributed by atoms with E-state index < -0.39 is 5.91 Å². The average Bonchev–Trinajstić information content (AvgIpc) is 2.46. The minimum Gasteiger partial charge on any atom is -0.504 e. The van der Waals surface area contributed by atoms with Crippen molar-refractivity contribution in [3.63, 3.8) is 0 Å². The number of aromatic hydroxyl groups is 2. The molecule has 0 aliphatic carbocycles. The Morgan fingerprint density at radius 1 is 1.04 bits per heavy atom. The summed E-state index contributed by atoms with van der Waals surface area (Å²) in [6.07, 6.45) is 1.41. The van der Waals surface area contributed by atoms with Gasteiger partial charge in [-0.1, -0.05) is 0 Å². The average molecular weight is 335 g/mol. The minimum absolute atomic E-state index is 0.0658. The Labute approximate surface area is 141 Å². The van der Waals surface area contributed by atoms with E-state index >= 15 is 0 Å². The number of amides is 2. The Balaban J connectivity index is 2.70. The molecule has 7 nitrogen and oxygen atoms in total. The highest BCUT2D eigenvalue weighted by atomic mass is 16.3. The lowest BCUT2D eigenvalue weighted by atomic mass is 10.2. The van der Waals surface area contributed by atoms with E-state index in [0.717, 1.165) is 6.07 Å². The number of benzene rings is 1. The fraction of sp³-hybridized carbons (Fsp3) is 0.412. The van der Waals surface area contributed by atoms with Gasteiger partial charge in [0.05, 0.1) is 0 Å². The molecule has 0 aliphatic rings. The number of nitrogens with zero attached hydrogens (tertiary/aromatic N) is 1. The van der Waals surface area contributed by atoms with E-state index in [-0.39, 0.29) is 35.1 Å². The number of hydrazine groups is 1. The summed E-state index contributed by atoms with van der Waals surface area (Å²) in [7, 11) is 0. The van der Waals surface area contributed by atoms with E-state index in [4.69, 9.17) is 0 Å². The number of allylic oxidation sites excluding steroid dienone is 1. The van der Waals surface area contributed by atoms with Crippen molar-refractivity contribution < 1.29 is 19.8 Å². The zero-order chi connectivity index (χ0) is 18.4. The molecule has 0 radical (unpaired) electrons. The Morgan fingerprint density at radius 3 is 2.12 bits per heavy atom. The van der Waals surface area contributed by atoms with Crippen molar-refractivity contribution in [2.24, 2.45) is 0 Å². The standard InChI is InChI=1S/C17H25N3O4/c1-10(2)20(11(3)4)16(23)8-12(5)18-19-17(24)13-6-7-14(21)15(22)9-13/h6-11,18,21-22H,1-5H3,(H,19,24). The summed E-state index contributed by atoms with van der Waals surface area (Å²) in [6.45, 7) is 9.41. The van der Waals surface area contributed by atoms with Crippen molar-refractivity contribution >= 4 is 11.8 Å². The summed E-state index contributed by atoms with van der Waals surface area (Å²) in [5.74, 6) is -1.34. The van der Waals surface area contributed by atoms with Crippen LogP contribution < -0.4 is 10.9 Å². The number of hydrogen-bond donors (Lipinski definition) is 4. The number of rotatable bonds is 6. The molecule has 7 heteroatoms. The molecule has 4 N–H and O–H groups in total. The highest BCUT2D eigenvalue weighted by molar-refractivity contribution is 5.94. The van der Waals surface area contributed by atoms with Crippen LogP contribution in [-0.4, -0.2) is 39.0 Å². The highest BCUT2D eigenvalue weighted by Crippen LogP contribution is 2.24. The lowest BCUT2D eigenvalue weighted by molar-refractivity contribution is -0.129. The van der Waals surface area contributed by atoms with Crippen molar-refractivity contribution in [3.8, 4) is 11.5 Å². The lowest BCUT2D eigenvalue weighted by Gasteiger charge is -2.29. The number of carbonyl (C=O) groups excluding carboxylic acids is 2. The third kappa shape index (κ3) is 5.19. The second-order valence-electron chi connectivity index (χ2n) is 6.04. The largest absolute Gasteiger partial charge is 0.504 e. The van der Waals surface area contributed by atoms with Crippen molar-refractivity contribution in [1.29, 1.82) is 0 Å². The van der Waals surface area contributed by atoms with Crippen LogP contribution in [0, 0.1) is 0 Å². The predicted octanol–water partition coefficient (Wildman–Crippen LogP) is 1.88. The third-order valence-electron chi connectivity index (χ3n) is 3.32. The minimum atomic E-state index is -0.505. The first kappa shape index (κ1) is 19.3. The maximum Gasteiger partial charge on any atom is 0.269 e. The van der Waals surface area contributed by atoms with Crippen LogP contribution in [0.25, 0.3) is 0 Å².